The van der Waals surface area contributed by atoms with Gasteiger partial charge in [-0.15, -0.1) is 0 Å². The maximum Gasteiger partial charge on any atom is 0.133 e. The Morgan fingerprint density at radius 3 is 0.941 bits per heavy atom. The van der Waals surface area contributed by atoms with E-state index in [0.29, 0.717) is 17.6 Å². The summed E-state index contributed by atoms with van der Waals surface area (Å²) in [6.45, 7) is 15.5. The third-order valence-corrected chi connectivity index (χ3v) is 2.72. The van der Waals surface area contributed by atoms with Gasteiger partial charge in [-0.25, -0.2) is 0 Å². The van der Waals surface area contributed by atoms with E-state index in [1.165, 1.54) is 0 Å². The first-order chi connectivity index (χ1) is 7.11. The van der Waals surface area contributed by atoms with E-state index in [4.69, 9.17) is 0 Å². The molecule has 0 spiro atoms. The fraction of sp³-hybridized carbons (Fsp3) is 0.867. The van der Waals surface area contributed by atoms with Gasteiger partial charge in [0, 0.05) is 11.8 Å². The number of Topliss-reactive ketones (excluding diaryl/α,β-unsaturated/α-hetero) is 2. The zero-order valence-electron chi connectivity index (χ0n) is 12.1. The molecule has 0 saturated heterocycles. The first kappa shape index (κ1) is 21.6. The van der Waals surface area contributed by atoms with Crippen molar-refractivity contribution in [2.24, 2.45) is 23.7 Å². The van der Waals surface area contributed by atoms with Gasteiger partial charge in [0.2, 0.25) is 0 Å². The predicted molar refractivity (Wildman–Crippen MR) is 76.1 cm³/mol. The van der Waals surface area contributed by atoms with E-state index in [1.807, 2.05) is 13.8 Å². The van der Waals surface area contributed by atoms with Crippen molar-refractivity contribution in [3.8, 4) is 0 Å². The van der Waals surface area contributed by atoms with Crippen molar-refractivity contribution in [1.82, 2.24) is 0 Å². The highest BCUT2D eigenvalue weighted by atomic mass is 16.1. The molecule has 0 amide bonds. The minimum Gasteiger partial charge on any atom is -0.300 e. The highest BCUT2D eigenvalue weighted by Crippen LogP contribution is 2.20. The van der Waals surface area contributed by atoms with Crippen LogP contribution in [0.15, 0.2) is 0 Å². The van der Waals surface area contributed by atoms with E-state index in [-0.39, 0.29) is 25.0 Å². The number of rotatable bonds is 4. The fourth-order valence-corrected chi connectivity index (χ4v) is 1.71. The fourth-order valence-electron chi connectivity index (χ4n) is 1.71. The topological polar surface area (TPSA) is 34.1 Å². The van der Waals surface area contributed by atoms with Gasteiger partial charge in [-0.2, -0.15) is 0 Å². The van der Waals surface area contributed by atoms with E-state index >= 15 is 0 Å². The maximum absolute atomic E-state index is 11.0. The normalized spacial score (nSPS) is 10.1. The molecule has 0 saturated carbocycles. The highest BCUT2D eigenvalue weighted by Gasteiger charge is 2.21. The summed E-state index contributed by atoms with van der Waals surface area (Å²) in [5.74, 6) is 2.01. The molecule has 0 heterocycles. The lowest BCUT2D eigenvalue weighted by Crippen LogP contribution is -2.22. The van der Waals surface area contributed by atoms with Crippen molar-refractivity contribution >= 4 is 11.6 Å². The van der Waals surface area contributed by atoms with Crippen molar-refractivity contribution < 1.29 is 9.59 Å². The predicted octanol–water partition coefficient (Wildman–Crippen LogP) is 4.37. The van der Waals surface area contributed by atoms with Crippen LogP contribution in [0.1, 0.15) is 62.8 Å². The molecule has 0 aliphatic rings. The summed E-state index contributed by atoms with van der Waals surface area (Å²) >= 11 is 0. The van der Waals surface area contributed by atoms with E-state index < -0.39 is 0 Å². The molecule has 17 heavy (non-hydrogen) atoms. The summed E-state index contributed by atoms with van der Waals surface area (Å²) in [7, 11) is 0. The third-order valence-electron chi connectivity index (χ3n) is 2.72. The van der Waals surface area contributed by atoms with Gasteiger partial charge in [0.15, 0.2) is 0 Å². The first-order valence-electron chi connectivity index (χ1n) is 6.12. The number of hydrogen-bond acceptors (Lipinski definition) is 2. The molecule has 0 atom stereocenters. The molecule has 0 aromatic rings. The molecule has 0 bridgehead atoms. The lowest BCUT2D eigenvalue weighted by molar-refractivity contribution is -0.123. The number of hydrogen-bond donors (Lipinski definition) is 0. The van der Waals surface area contributed by atoms with Gasteiger partial charge in [-0.3, -0.25) is 9.59 Å². The van der Waals surface area contributed by atoms with Crippen molar-refractivity contribution in [2.75, 3.05) is 0 Å². The second-order valence-corrected chi connectivity index (χ2v) is 5.39. The average Bonchev–Trinajstić information content (AvgIpc) is 2.01. The summed E-state index contributed by atoms with van der Waals surface area (Å²) < 4.78 is 0. The zero-order valence-corrected chi connectivity index (χ0v) is 12.1. The van der Waals surface area contributed by atoms with Gasteiger partial charge >= 0.3 is 0 Å². The SMILES string of the molecule is C.CC(=O)C(C(C)C)C(C)C.CC(=O)C(C)C. The quantitative estimate of drug-likeness (QED) is 0.736. The first-order valence-corrected chi connectivity index (χ1v) is 6.12. The molecule has 0 aromatic heterocycles. The molecule has 0 unspecified atom stereocenters. The molecule has 0 N–H and O–H groups in total. The molecule has 0 aliphatic heterocycles. The second-order valence-electron chi connectivity index (χ2n) is 5.39. The van der Waals surface area contributed by atoms with E-state index in [0.717, 1.165) is 0 Å². The van der Waals surface area contributed by atoms with E-state index in [9.17, 15) is 9.59 Å². The summed E-state index contributed by atoms with van der Waals surface area (Å²) in [6.07, 6.45) is 0. The van der Waals surface area contributed by atoms with E-state index in [2.05, 4.69) is 27.7 Å². The largest absolute Gasteiger partial charge is 0.300 e. The summed E-state index contributed by atoms with van der Waals surface area (Å²) in [4.78, 5) is 21.2. The summed E-state index contributed by atoms with van der Waals surface area (Å²) in [6, 6.07) is 0. The smallest absolute Gasteiger partial charge is 0.133 e. The Hall–Kier alpha value is -0.660. The van der Waals surface area contributed by atoms with Crippen LogP contribution in [0.5, 0.6) is 0 Å². The van der Waals surface area contributed by atoms with Crippen molar-refractivity contribution in [1.29, 1.82) is 0 Å². The lowest BCUT2D eigenvalue weighted by Gasteiger charge is -2.21. The number of carbonyl (C=O) groups is 2. The third kappa shape index (κ3) is 11.6. The standard InChI is InChI=1S/C9H18O.C5H10O.CH4/c1-6(2)9(7(3)4)8(5)10;1-4(2)5(3)6;/h6-7,9H,1-5H3;4H,1-3H3;1H4. The second kappa shape index (κ2) is 10.5. The van der Waals surface area contributed by atoms with Crippen molar-refractivity contribution in [3.63, 3.8) is 0 Å². The van der Waals surface area contributed by atoms with Crippen LogP contribution >= 0.6 is 0 Å². The van der Waals surface area contributed by atoms with Gasteiger partial charge in [0.05, 0.1) is 0 Å². The minimum absolute atomic E-state index is 0. The van der Waals surface area contributed by atoms with Crippen LogP contribution in [-0.4, -0.2) is 11.6 Å². The summed E-state index contributed by atoms with van der Waals surface area (Å²) in [5, 5.41) is 0. The molecule has 0 rings (SSSR count). The van der Waals surface area contributed by atoms with Gasteiger partial charge in [0.25, 0.3) is 0 Å². The molecule has 2 heteroatoms. The lowest BCUT2D eigenvalue weighted by atomic mass is 9.83. The Bertz CT molecular complexity index is 207. The Morgan fingerprint density at radius 2 is 0.941 bits per heavy atom. The van der Waals surface area contributed by atoms with E-state index in [1.54, 1.807) is 13.8 Å². The molecule has 0 aliphatic carbocycles. The van der Waals surface area contributed by atoms with Crippen molar-refractivity contribution in [2.45, 2.75) is 62.8 Å². The van der Waals surface area contributed by atoms with Crippen LogP contribution in [0.25, 0.3) is 0 Å². The molecule has 2 nitrogen and oxygen atoms in total. The zero-order chi connectivity index (χ0) is 13.5. The molecular formula is C15H32O2. The molecule has 0 radical (unpaired) electrons. The molecule has 0 fully saturated rings. The van der Waals surface area contributed by atoms with Crippen LogP contribution < -0.4 is 0 Å². The molecule has 104 valence electrons. The van der Waals surface area contributed by atoms with Crippen LogP contribution in [0.4, 0.5) is 0 Å². The maximum atomic E-state index is 11.0. The number of carbonyl (C=O) groups excluding carboxylic acids is 2. The minimum atomic E-state index is 0. The van der Waals surface area contributed by atoms with Gasteiger partial charge < -0.3 is 0 Å². The summed E-state index contributed by atoms with van der Waals surface area (Å²) in [5.41, 5.74) is 0. The van der Waals surface area contributed by atoms with Crippen LogP contribution in [0.2, 0.25) is 0 Å². The Labute approximate surface area is 108 Å². The Kier molecular flexibility index (Phi) is 13.3. The van der Waals surface area contributed by atoms with Crippen molar-refractivity contribution in [3.05, 3.63) is 0 Å². The highest BCUT2D eigenvalue weighted by molar-refractivity contribution is 5.78. The van der Waals surface area contributed by atoms with Gasteiger partial charge in [-0.05, 0) is 25.7 Å². The van der Waals surface area contributed by atoms with Crippen LogP contribution in [0.3, 0.4) is 0 Å². The van der Waals surface area contributed by atoms with Crippen LogP contribution in [0, 0.1) is 23.7 Å². The Balaban J connectivity index is -0.000000244. The monoisotopic (exact) mass is 244 g/mol. The van der Waals surface area contributed by atoms with Gasteiger partial charge in [-0.1, -0.05) is 49.0 Å². The molecular weight excluding hydrogens is 212 g/mol. The average molecular weight is 244 g/mol. The molecule has 0 aromatic carbocycles. The number of ketones is 2. The van der Waals surface area contributed by atoms with Gasteiger partial charge in [0.1, 0.15) is 11.6 Å². The Morgan fingerprint density at radius 1 is 0.706 bits per heavy atom. The van der Waals surface area contributed by atoms with Crippen LogP contribution in [-0.2, 0) is 9.59 Å².